The van der Waals surface area contributed by atoms with Crippen molar-refractivity contribution in [2.45, 2.75) is 77.4 Å². The van der Waals surface area contributed by atoms with E-state index in [1.807, 2.05) is 11.3 Å². The van der Waals surface area contributed by atoms with Crippen LogP contribution in [0.25, 0.3) is 42.4 Å². The monoisotopic (exact) mass is 970 g/mol. The highest BCUT2D eigenvalue weighted by Crippen LogP contribution is 2.66. The lowest BCUT2D eigenvalue weighted by molar-refractivity contribution is 0.590. The Morgan fingerprint density at radius 1 is 0.451 bits per heavy atom. The standard InChI is InChI=1S/C66H62N2SSi2/c1-64(2,3)42-22-26-44(27-23-42)67(45-30-35-49(70)36-31-45)48-34-39-53-57(40-48)66(55-19-13-10-16-51(55)52-17-11-14-20-56(52)66)58-41-59(62-54-18-12-15-21-60(54)69-63(62)61(53)58)68(46-28-24-43(25-29-46)65(4,5)6)47-32-37-50(38-33-47)71(7,8)9/h10-41H,1-9,70H3. The smallest absolute Gasteiger partial charge is 0.0775 e. The van der Waals surface area contributed by atoms with Crippen molar-refractivity contribution in [1.82, 2.24) is 0 Å². The molecule has 0 radical (unpaired) electrons. The van der Waals surface area contributed by atoms with Crippen molar-refractivity contribution in [3.63, 3.8) is 0 Å². The van der Waals surface area contributed by atoms with Gasteiger partial charge < -0.3 is 9.80 Å². The molecule has 1 heterocycles. The summed E-state index contributed by atoms with van der Waals surface area (Å²) in [7, 11) is -0.570. The molecule has 2 nitrogen and oxygen atoms in total. The van der Waals surface area contributed by atoms with Gasteiger partial charge >= 0.3 is 0 Å². The molecular weight excluding hydrogens is 909 g/mol. The van der Waals surface area contributed by atoms with Gasteiger partial charge in [-0.25, -0.2) is 0 Å². The average Bonchev–Trinajstić information content (AvgIpc) is 3.99. The molecule has 0 N–H and O–H groups in total. The van der Waals surface area contributed by atoms with E-state index in [1.54, 1.807) is 0 Å². The van der Waals surface area contributed by atoms with E-state index in [9.17, 15) is 0 Å². The first kappa shape index (κ1) is 45.4. The first-order chi connectivity index (χ1) is 34.0. The molecule has 0 aliphatic heterocycles. The van der Waals surface area contributed by atoms with Crippen molar-refractivity contribution < 1.29 is 0 Å². The van der Waals surface area contributed by atoms with Crippen LogP contribution in [0.5, 0.6) is 0 Å². The number of anilines is 6. The molecule has 12 rings (SSSR count). The van der Waals surface area contributed by atoms with Gasteiger partial charge in [0.05, 0.1) is 19.2 Å². The normalized spacial score (nSPS) is 13.6. The third-order valence-electron chi connectivity index (χ3n) is 15.4. The van der Waals surface area contributed by atoms with Crippen LogP contribution in [-0.4, -0.2) is 18.3 Å². The largest absolute Gasteiger partial charge is 0.310 e. The molecular formula is C66H62N2SSi2. The van der Waals surface area contributed by atoms with Gasteiger partial charge in [0.2, 0.25) is 0 Å². The Morgan fingerprint density at radius 3 is 1.48 bits per heavy atom. The average molecular weight is 971 g/mol. The van der Waals surface area contributed by atoms with E-state index in [1.165, 1.54) is 97.6 Å². The number of fused-ring (bicyclic) bond motifs is 14. The van der Waals surface area contributed by atoms with Crippen molar-refractivity contribution >= 4 is 94.3 Å². The molecule has 0 saturated carbocycles. The number of rotatable bonds is 7. The first-order valence-electron chi connectivity index (χ1n) is 25.3. The lowest BCUT2D eigenvalue weighted by atomic mass is 9.70. The van der Waals surface area contributed by atoms with Gasteiger partial charge in [-0.2, -0.15) is 0 Å². The fourth-order valence-electron chi connectivity index (χ4n) is 11.7. The Labute approximate surface area is 428 Å². The summed E-state index contributed by atoms with van der Waals surface area (Å²) in [5, 5.41) is 5.43. The molecule has 71 heavy (non-hydrogen) atoms. The van der Waals surface area contributed by atoms with Crippen molar-refractivity contribution in [3.05, 3.63) is 228 Å². The Kier molecular flexibility index (Phi) is 10.5. The summed E-state index contributed by atoms with van der Waals surface area (Å²) in [6.45, 7) is 21.1. The molecule has 0 fully saturated rings. The van der Waals surface area contributed by atoms with E-state index in [0.717, 1.165) is 33.0 Å². The van der Waals surface area contributed by atoms with Gasteiger partial charge in [-0.15, -0.1) is 11.3 Å². The molecule has 1 aromatic heterocycles. The molecule has 5 heteroatoms. The molecule has 9 aromatic carbocycles. The summed E-state index contributed by atoms with van der Waals surface area (Å²) >= 11 is 1.95. The highest BCUT2D eigenvalue weighted by molar-refractivity contribution is 7.26. The minimum atomic E-state index is -1.57. The quantitative estimate of drug-likeness (QED) is 0.147. The highest BCUT2D eigenvalue weighted by Gasteiger charge is 2.53. The van der Waals surface area contributed by atoms with Gasteiger partial charge in [-0.1, -0.05) is 193 Å². The topological polar surface area (TPSA) is 6.48 Å². The van der Waals surface area contributed by atoms with Crippen LogP contribution >= 0.6 is 11.3 Å². The summed E-state index contributed by atoms with van der Waals surface area (Å²) in [5.74, 6) is 0. The second-order valence-electron chi connectivity index (χ2n) is 23.1. The van der Waals surface area contributed by atoms with E-state index in [0.29, 0.717) is 0 Å². The van der Waals surface area contributed by atoms with E-state index >= 15 is 0 Å². The van der Waals surface area contributed by atoms with E-state index in [2.05, 4.69) is 265 Å². The zero-order valence-corrected chi connectivity index (χ0v) is 46.6. The van der Waals surface area contributed by atoms with Gasteiger partial charge in [0.25, 0.3) is 0 Å². The fourth-order valence-corrected chi connectivity index (χ4v) is 14.5. The number of benzene rings is 9. The Bertz CT molecular complexity index is 3590. The van der Waals surface area contributed by atoms with Crippen LogP contribution in [0, 0.1) is 0 Å². The minimum absolute atomic E-state index is 0.0273. The maximum absolute atomic E-state index is 2.62. The van der Waals surface area contributed by atoms with Gasteiger partial charge in [-0.05, 0) is 134 Å². The molecule has 2 aliphatic carbocycles. The summed E-state index contributed by atoms with van der Waals surface area (Å²) in [5.41, 5.74) is 19.7. The van der Waals surface area contributed by atoms with Crippen LogP contribution in [0.1, 0.15) is 74.9 Å². The molecule has 0 atom stereocenters. The molecule has 2 aliphatic rings. The lowest BCUT2D eigenvalue weighted by Crippen LogP contribution is -2.37. The van der Waals surface area contributed by atoms with Crippen molar-refractivity contribution in [1.29, 1.82) is 0 Å². The summed E-state index contributed by atoms with van der Waals surface area (Å²) in [6, 6.07) is 75.1. The van der Waals surface area contributed by atoms with Crippen LogP contribution in [-0.2, 0) is 16.2 Å². The second kappa shape index (κ2) is 16.4. The van der Waals surface area contributed by atoms with Crippen LogP contribution < -0.4 is 20.2 Å². The van der Waals surface area contributed by atoms with E-state index < -0.39 is 13.5 Å². The van der Waals surface area contributed by atoms with E-state index in [4.69, 9.17) is 0 Å². The highest BCUT2D eigenvalue weighted by atomic mass is 32.1. The first-order valence-corrected chi connectivity index (χ1v) is 30.6. The molecule has 350 valence electrons. The minimum Gasteiger partial charge on any atom is -0.310 e. The van der Waals surface area contributed by atoms with Crippen molar-refractivity contribution in [3.8, 4) is 22.3 Å². The summed E-state index contributed by atoms with van der Waals surface area (Å²) in [4.78, 5) is 5.05. The Balaban J connectivity index is 1.19. The maximum Gasteiger partial charge on any atom is 0.0775 e. The van der Waals surface area contributed by atoms with Crippen molar-refractivity contribution in [2.75, 3.05) is 9.80 Å². The van der Waals surface area contributed by atoms with Gasteiger partial charge in [0.15, 0.2) is 0 Å². The van der Waals surface area contributed by atoms with Crippen LogP contribution in [0.2, 0.25) is 19.6 Å². The Morgan fingerprint density at radius 2 is 0.930 bits per heavy atom. The lowest BCUT2D eigenvalue weighted by Gasteiger charge is -2.34. The van der Waals surface area contributed by atoms with Crippen molar-refractivity contribution in [2.24, 2.45) is 0 Å². The van der Waals surface area contributed by atoms with Crippen LogP contribution in [0.3, 0.4) is 0 Å². The predicted molar refractivity (Wildman–Crippen MR) is 315 cm³/mol. The second-order valence-corrected chi connectivity index (χ2v) is 30.4. The van der Waals surface area contributed by atoms with Gasteiger partial charge in [0.1, 0.15) is 0 Å². The SMILES string of the molecule is CC(C)(C)c1ccc(N(c2ccc([SiH3])cc2)c2ccc3c(c2)C2(c4ccccc4-c4ccccc42)c2cc(N(c4ccc(C(C)(C)C)cc4)c4ccc([Si](C)(C)C)cc4)c4c(sc5ccccc54)c2-3)cc1. The van der Waals surface area contributed by atoms with Crippen LogP contribution in [0.15, 0.2) is 194 Å². The fraction of sp³-hybridized carbons (Fsp3) is 0.182. The number of hydrogen-bond donors (Lipinski definition) is 0. The molecule has 0 amide bonds. The summed E-state index contributed by atoms with van der Waals surface area (Å²) in [6.07, 6.45) is 0. The third kappa shape index (κ3) is 7.22. The molecule has 10 aromatic rings. The molecule has 0 unspecified atom stereocenters. The number of thiophene rings is 1. The zero-order valence-electron chi connectivity index (χ0n) is 42.8. The summed E-state index contributed by atoms with van der Waals surface area (Å²) < 4.78 is 2.63. The predicted octanol–water partition coefficient (Wildman–Crippen LogP) is 16.5. The Hall–Kier alpha value is -6.77. The zero-order chi connectivity index (χ0) is 49.2. The molecule has 0 saturated heterocycles. The number of nitrogens with zero attached hydrogens (tertiary/aromatic N) is 2. The van der Waals surface area contributed by atoms with Crippen LogP contribution in [0.4, 0.5) is 34.1 Å². The van der Waals surface area contributed by atoms with Gasteiger partial charge in [0, 0.05) is 64.4 Å². The molecule has 1 spiro atoms. The third-order valence-corrected chi connectivity index (χ3v) is 19.3. The maximum atomic E-state index is 2.62. The van der Waals surface area contributed by atoms with E-state index in [-0.39, 0.29) is 10.8 Å². The number of hydrogen-bond acceptors (Lipinski definition) is 3. The van der Waals surface area contributed by atoms with Gasteiger partial charge in [-0.3, -0.25) is 0 Å². The molecule has 0 bridgehead atoms.